The van der Waals surface area contributed by atoms with E-state index >= 15 is 0 Å². The summed E-state index contributed by atoms with van der Waals surface area (Å²) in [5.41, 5.74) is 1.71. The van der Waals surface area contributed by atoms with Gasteiger partial charge in [0.15, 0.2) is 0 Å². The van der Waals surface area contributed by atoms with Crippen LogP contribution in [-0.2, 0) is 4.79 Å². The van der Waals surface area contributed by atoms with Gasteiger partial charge in [0.05, 0.1) is 11.6 Å². The van der Waals surface area contributed by atoms with Crippen LogP contribution in [0.3, 0.4) is 0 Å². The van der Waals surface area contributed by atoms with Gasteiger partial charge in [0, 0.05) is 6.42 Å². The summed E-state index contributed by atoms with van der Waals surface area (Å²) in [6, 6.07) is 9.32. The molecule has 0 bridgehead atoms. The number of benzene rings is 1. The number of nitrogens with zero attached hydrogens (tertiary/aromatic N) is 1. The molecule has 0 aliphatic heterocycles. The number of carbonyl (C=O) groups is 1. The molecule has 0 saturated heterocycles. The molecule has 0 aliphatic carbocycles. The second-order valence-electron chi connectivity index (χ2n) is 3.57. The molecule has 0 fully saturated rings. The van der Waals surface area contributed by atoms with Crippen LogP contribution in [0, 0.1) is 11.3 Å². The molecule has 1 aromatic carbocycles. The van der Waals surface area contributed by atoms with Crippen LogP contribution >= 0.6 is 0 Å². The van der Waals surface area contributed by atoms with Crippen molar-refractivity contribution in [1.29, 1.82) is 5.26 Å². The highest BCUT2D eigenvalue weighted by Gasteiger charge is 2.07. The summed E-state index contributed by atoms with van der Waals surface area (Å²) in [6.07, 6.45) is 0.808. The molecule has 0 aliphatic rings. The normalized spacial score (nSPS) is 11.7. The van der Waals surface area contributed by atoms with Crippen LogP contribution in [0.2, 0.25) is 0 Å². The molecular formula is C12H13NO2. The quantitative estimate of drug-likeness (QED) is 0.817. The minimum atomic E-state index is -0.768. The van der Waals surface area contributed by atoms with Crippen LogP contribution in [0.25, 0.3) is 0 Å². The van der Waals surface area contributed by atoms with Crippen molar-refractivity contribution in [2.24, 2.45) is 0 Å². The highest BCUT2D eigenvalue weighted by molar-refractivity contribution is 5.66. The molecule has 1 N–H and O–H groups in total. The van der Waals surface area contributed by atoms with Gasteiger partial charge >= 0.3 is 5.97 Å². The number of carboxylic acid groups (broad SMARTS) is 1. The van der Waals surface area contributed by atoms with Crippen molar-refractivity contribution in [1.82, 2.24) is 0 Å². The maximum atomic E-state index is 10.4. The van der Waals surface area contributed by atoms with Gasteiger partial charge in [-0.1, -0.05) is 19.1 Å². The molecule has 1 atom stereocenters. The summed E-state index contributed by atoms with van der Waals surface area (Å²) in [5.74, 6) is -0.552. The van der Waals surface area contributed by atoms with Crippen molar-refractivity contribution < 1.29 is 9.90 Å². The van der Waals surface area contributed by atoms with Crippen molar-refractivity contribution in [3.63, 3.8) is 0 Å². The fourth-order valence-corrected chi connectivity index (χ4v) is 1.39. The SMILES string of the molecule is CC(CCC(=O)O)c1ccc(C#N)cc1. The summed E-state index contributed by atoms with van der Waals surface area (Å²) in [7, 11) is 0. The van der Waals surface area contributed by atoms with Crippen molar-refractivity contribution in [3.8, 4) is 6.07 Å². The Labute approximate surface area is 89.0 Å². The predicted molar refractivity (Wildman–Crippen MR) is 56.4 cm³/mol. The van der Waals surface area contributed by atoms with E-state index in [4.69, 9.17) is 10.4 Å². The Kier molecular flexibility index (Phi) is 3.87. The molecule has 0 spiro atoms. The fraction of sp³-hybridized carbons (Fsp3) is 0.333. The third-order valence-corrected chi connectivity index (χ3v) is 2.40. The lowest BCUT2D eigenvalue weighted by molar-refractivity contribution is -0.137. The van der Waals surface area contributed by atoms with Crippen molar-refractivity contribution in [3.05, 3.63) is 35.4 Å². The Balaban J connectivity index is 2.62. The van der Waals surface area contributed by atoms with E-state index in [0.717, 1.165) is 5.56 Å². The zero-order valence-electron chi connectivity index (χ0n) is 8.60. The van der Waals surface area contributed by atoms with Crippen LogP contribution in [0.5, 0.6) is 0 Å². The maximum Gasteiger partial charge on any atom is 0.303 e. The second-order valence-corrected chi connectivity index (χ2v) is 3.57. The van der Waals surface area contributed by atoms with E-state index in [2.05, 4.69) is 0 Å². The second kappa shape index (κ2) is 5.16. The van der Waals surface area contributed by atoms with E-state index in [9.17, 15) is 4.79 Å². The molecule has 78 valence electrons. The average Bonchev–Trinajstić information content (AvgIpc) is 2.26. The molecule has 0 aromatic heterocycles. The Bertz CT molecular complexity index is 376. The van der Waals surface area contributed by atoms with E-state index in [0.29, 0.717) is 12.0 Å². The van der Waals surface area contributed by atoms with Crippen molar-refractivity contribution in [2.75, 3.05) is 0 Å². The molecule has 0 radical (unpaired) electrons. The highest BCUT2D eigenvalue weighted by Crippen LogP contribution is 2.20. The Hall–Kier alpha value is -1.82. The zero-order valence-corrected chi connectivity index (χ0v) is 8.60. The van der Waals surface area contributed by atoms with Gasteiger partial charge in [-0.25, -0.2) is 0 Å². The summed E-state index contributed by atoms with van der Waals surface area (Å²) < 4.78 is 0. The molecule has 0 saturated carbocycles. The molecule has 15 heavy (non-hydrogen) atoms. The monoisotopic (exact) mass is 203 g/mol. The van der Waals surface area contributed by atoms with Crippen LogP contribution in [-0.4, -0.2) is 11.1 Å². The van der Waals surface area contributed by atoms with Gasteiger partial charge in [0.25, 0.3) is 0 Å². The van der Waals surface area contributed by atoms with Gasteiger partial charge in [-0.3, -0.25) is 4.79 Å². The first kappa shape index (κ1) is 11.3. The van der Waals surface area contributed by atoms with Gasteiger partial charge in [-0.15, -0.1) is 0 Å². The predicted octanol–water partition coefficient (Wildman–Crippen LogP) is 2.53. The summed E-state index contributed by atoms with van der Waals surface area (Å²) in [5, 5.41) is 17.2. The lowest BCUT2D eigenvalue weighted by Crippen LogP contribution is -2.00. The Morgan fingerprint density at radius 1 is 1.47 bits per heavy atom. The first-order valence-corrected chi connectivity index (χ1v) is 4.85. The van der Waals surface area contributed by atoms with E-state index in [1.807, 2.05) is 25.1 Å². The van der Waals surface area contributed by atoms with Crippen LogP contribution < -0.4 is 0 Å². The van der Waals surface area contributed by atoms with Crippen LogP contribution in [0.1, 0.15) is 36.8 Å². The zero-order chi connectivity index (χ0) is 11.3. The number of carboxylic acids is 1. The largest absolute Gasteiger partial charge is 0.481 e. The third-order valence-electron chi connectivity index (χ3n) is 2.40. The number of hydrogen-bond donors (Lipinski definition) is 1. The van der Waals surface area contributed by atoms with Crippen LogP contribution in [0.4, 0.5) is 0 Å². The number of hydrogen-bond acceptors (Lipinski definition) is 2. The number of rotatable bonds is 4. The molecular weight excluding hydrogens is 190 g/mol. The number of aliphatic carboxylic acids is 1. The molecule has 1 rings (SSSR count). The Morgan fingerprint density at radius 2 is 2.07 bits per heavy atom. The fourth-order valence-electron chi connectivity index (χ4n) is 1.39. The molecule has 3 heteroatoms. The molecule has 1 unspecified atom stereocenters. The maximum absolute atomic E-state index is 10.4. The summed E-state index contributed by atoms with van der Waals surface area (Å²) in [4.78, 5) is 10.4. The third kappa shape index (κ3) is 3.43. The Morgan fingerprint density at radius 3 is 2.53 bits per heavy atom. The number of nitriles is 1. The van der Waals surface area contributed by atoms with E-state index in [1.165, 1.54) is 0 Å². The molecule has 0 heterocycles. The molecule has 3 nitrogen and oxygen atoms in total. The van der Waals surface area contributed by atoms with Gasteiger partial charge in [-0.2, -0.15) is 5.26 Å². The lowest BCUT2D eigenvalue weighted by Gasteiger charge is -2.09. The van der Waals surface area contributed by atoms with Gasteiger partial charge in [-0.05, 0) is 30.0 Å². The van der Waals surface area contributed by atoms with E-state index < -0.39 is 5.97 Å². The van der Waals surface area contributed by atoms with Crippen molar-refractivity contribution in [2.45, 2.75) is 25.7 Å². The summed E-state index contributed by atoms with van der Waals surface area (Å²) >= 11 is 0. The van der Waals surface area contributed by atoms with E-state index in [1.54, 1.807) is 12.1 Å². The van der Waals surface area contributed by atoms with Crippen molar-refractivity contribution >= 4 is 5.97 Å². The van der Waals surface area contributed by atoms with E-state index in [-0.39, 0.29) is 12.3 Å². The van der Waals surface area contributed by atoms with Crippen LogP contribution in [0.15, 0.2) is 24.3 Å². The first-order valence-electron chi connectivity index (χ1n) is 4.85. The first-order chi connectivity index (χ1) is 7.13. The van der Waals surface area contributed by atoms with Gasteiger partial charge in [0.2, 0.25) is 0 Å². The smallest absolute Gasteiger partial charge is 0.303 e. The molecule has 0 amide bonds. The van der Waals surface area contributed by atoms with Gasteiger partial charge in [0.1, 0.15) is 0 Å². The minimum Gasteiger partial charge on any atom is -0.481 e. The summed E-state index contributed by atoms with van der Waals surface area (Å²) in [6.45, 7) is 1.99. The lowest BCUT2D eigenvalue weighted by atomic mass is 9.95. The molecule has 1 aromatic rings. The topological polar surface area (TPSA) is 61.1 Å². The minimum absolute atomic E-state index is 0.182. The highest BCUT2D eigenvalue weighted by atomic mass is 16.4. The average molecular weight is 203 g/mol. The van der Waals surface area contributed by atoms with Gasteiger partial charge < -0.3 is 5.11 Å². The standard InChI is InChI=1S/C12H13NO2/c1-9(2-7-12(14)15)11-5-3-10(8-13)4-6-11/h3-6,9H,2,7H2,1H3,(H,14,15).